The number of aromatic nitrogens is 4. The molecule has 19 heavy (non-hydrogen) atoms. The first-order valence-electron chi connectivity index (χ1n) is 5.38. The first-order chi connectivity index (χ1) is 8.90. The number of pyridine rings is 1. The molecule has 0 saturated carbocycles. The predicted octanol–water partition coefficient (Wildman–Crippen LogP) is 0.903. The van der Waals surface area contributed by atoms with E-state index >= 15 is 0 Å². The van der Waals surface area contributed by atoms with E-state index in [1.54, 1.807) is 19.1 Å². The van der Waals surface area contributed by atoms with Gasteiger partial charge in [-0.05, 0) is 19.1 Å². The molecule has 102 valence electrons. The minimum Gasteiger partial charge on any atom is -0.258 e. The lowest BCUT2D eigenvalue weighted by Crippen LogP contribution is -2.29. The van der Waals surface area contributed by atoms with Crippen molar-refractivity contribution in [2.45, 2.75) is 18.0 Å². The Labute approximate surface area is 115 Å². The zero-order valence-corrected chi connectivity index (χ0v) is 11.9. The average molecular weight is 302 g/mol. The Morgan fingerprint density at radius 1 is 1.37 bits per heavy atom. The molecular formula is C10H12ClN5O2S. The molecule has 0 saturated heterocycles. The van der Waals surface area contributed by atoms with Crippen molar-refractivity contribution < 1.29 is 8.42 Å². The lowest BCUT2D eigenvalue weighted by molar-refractivity contribution is 0.546. The summed E-state index contributed by atoms with van der Waals surface area (Å²) < 4.78 is 27.9. The van der Waals surface area contributed by atoms with Gasteiger partial charge in [-0.3, -0.25) is 4.98 Å². The van der Waals surface area contributed by atoms with Gasteiger partial charge in [0.1, 0.15) is 0 Å². The highest BCUT2D eigenvalue weighted by atomic mass is 35.5. The molecule has 0 bridgehead atoms. The molecule has 0 unspecified atom stereocenters. The van der Waals surface area contributed by atoms with Crippen LogP contribution < -0.4 is 4.72 Å². The molecule has 0 amide bonds. The standard InChI is InChI=1S/C10H12ClN5O2S/c1-7(9-4-3-8(11)5-12-9)14-19(17,18)10-6-13-15-16(10)2/h3-7,14H,1-2H3/t7-/m0/s1. The van der Waals surface area contributed by atoms with E-state index in [1.165, 1.54) is 24.1 Å². The average Bonchev–Trinajstić information content (AvgIpc) is 2.76. The highest BCUT2D eigenvalue weighted by Gasteiger charge is 2.22. The maximum Gasteiger partial charge on any atom is 0.259 e. The van der Waals surface area contributed by atoms with Gasteiger partial charge >= 0.3 is 0 Å². The second-order valence-corrected chi connectivity index (χ2v) is 6.04. The van der Waals surface area contributed by atoms with Gasteiger partial charge in [-0.1, -0.05) is 16.8 Å². The summed E-state index contributed by atoms with van der Waals surface area (Å²) in [5.74, 6) is 0. The van der Waals surface area contributed by atoms with Gasteiger partial charge < -0.3 is 0 Å². The highest BCUT2D eigenvalue weighted by Crippen LogP contribution is 2.15. The highest BCUT2D eigenvalue weighted by molar-refractivity contribution is 7.89. The fraction of sp³-hybridized carbons (Fsp3) is 0.300. The number of aryl methyl sites for hydroxylation is 1. The van der Waals surface area contributed by atoms with E-state index in [9.17, 15) is 8.42 Å². The quantitative estimate of drug-likeness (QED) is 0.906. The Morgan fingerprint density at radius 3 is 2.63 bits per heavy atom. The summed E-state index contributed by atoms with van der Waals surface area (Å²) in [4.78, 5) is 4.07. The number of rotatable bonds is 4. The third kappa shape index (κ3) is 3.09. The van der Waals surface area contributed by atoms with Crippen LogP contribution in [0, 0.1) is 0 Å². The van der Waals surface area contributed by atoms with Gasteiger partial charge in [0.05, 0.1) is 23.0 Å². The van der Waals surface area contributed by atoms with Crippen LogP contribution in [0.3, 0.4) is 0 Å². The van der Waals surface area contributed by atoms with Crippen molar-refractivity contribution in [3.05, 3.63) is 35.2 Å². The molecule has 7 nitrogen and oxygen atoms in total. The lowest BCUT2D eigenvalue weighted by Gasteiger charge is -2.13. The van der Waals surface area contributed by atoms with Crippen molar-refractivity contribution >= 4 is 21.6 Å². The third-order valence-electron chi connectivity index (χ3n) is 2.47. The fourth-order valence-corrected chi connectivity index (χ4v) is 2.91. The molecule has 0 radical (unpaired) electrons. The largest absolute Gasteiger partial charge is 0.259 e. The smallest absolute Gasteiger partial charge is 0.258 e. The predicted molar refractivity (Wildman–Crippen MR) is 69.0 cm³/mol. The minimum absolute atomic E-state index is 0.00619. The van der Waals surface area contributed by atoms with Gasteiger partial charge in [-0.25, -0.2) is 17.8 Å². The van der Waals surface area contributed by atoms with Gasteiger partial charge in [0.2, 0.25) is 0 Å². The zero-order valence-electron chi connectivity index (χ0n) is 10.3. The molecular weight excluding hydrogens is 290 g/mol. The number of nitrogens with one attached hydrogen (secondary N) is 1. The Balaban J connectivity index is 2.21. The van der Waals surface area contributed by atoms with E-state index in [0.717, 1.165) is 0 Å². The Morgan fingerprint density at radius 2 is 2.11 bits per heavy atom. The number of hydrogen-bond acceptors (Lipinski definition) is 5. The maximum atomic E-state index is 12.1. The van der Waals surface area contributed by atoms with Crippen LogP contribution >= 0.6 is 11.6 Å². The second-order valence-electron chi connectivity index (χ2n) is 3.94. The van der Waals surface area contributed by atoms with Crippen molar-refractivity contribution in [2.24, 2.45) is 7.05 Å². The van der Waals surface area contributed by atoms with Crippen LogP contribution in [0.5, 0.6) is 0 Å². The van der Waals surface area contributed by atoms with E-state index in [1.807, 2.05) is 0 Å². The summed E-state index contributed by atoms with van der Waals surface area (Å²) in [6, 6.07) is 2.83. The molecule has 0 aromatic carbocycles. The third-order valence-corrected chi connectivity index (χ3v) is 4.28. The molecule has 1 atom stereocenters. The van der Waals surface area contributed by atoms with E-state index in [-0.39, 0.29) is 5.03 Å². The SMILES string of the molecule is C[C@H](NS(=O)(=O)c1cnnn1C)c1ccc(Cl)cn1. The summed E-state index contributed by atoms with van der Waals surface area (Å²) in [6.07, 6.45) is 2.65. The zero-order chi connectivity index (χ0) is 14.0. The van der Waals surface area contributed by atoms with E-state index in [4.69, 9.17) is 11.6 Å². The van der Waals surface area contributed by atoms with Crippen LogP contribution in [-0.4, -0.2) is 28.4 Å². The summed E-state index contributed by atoms with van der Waals surface area (Å²) in [5, 5.41) is 7.62. The molecule has 0 aliphatic rings. The maximum absolute atomic E-state index is 12.1. The molecule has 0 aliphatic heterocycles. The normalized spacial score (nSPS) is 13.4. The number of hydrogen-bond donors (Lipinski definition) is 1. The second kappa shape index (κ2) is 5.24. The van der Waals surface area contributed by atoms with Crippen molar-refractivity contribution in [1.29, 1.82) is 0 Å². The number of halogens is 1. The van der Waals surface area contributed by atoms with Crippen molar-refractivity contribution in [1.82, 2.24) is 24.7 Å². The van der Waals surface area contributed by atoms with Crippen LogP contribution in [0.2, 0.25) is 5.02 Å². The van der Waals surface area contributed by atoms with E-state index < -0.39 is 16.1 Å². The topological polar surface area (TPSA) is 89.8 Å². The Bertz CT molecular complexity index is 667. The van der Waals surface area contributed by atoms with Gasteiger partial charge in [-0.15, -0.1) is 5.10 Å². The summed E-state index contributed by atoms with van der Waals surface area (Å²) in [7, 11) is -2.18. The molecule has 2 aromatic rings. The molecule has 9 heteroatoms. The van der Waals surface area contributed by atoms with Gasteiger partial charge in [0.15, 0.2) is 5.03 Å². The van der Waals surface area contributed by atoms with Crippen molar-refractivity contribution in [3.8, 4) is 0 Å². The van der Waals surface area contributed by atoms with Crippen LogP contribution in [0.1, 0.15) is 18.7 Å². The van der Waals surface area contributed by atoms with Crippen molar-refractivity contribution in [3.63, 3.8) is 0 Å². The van der Waals surface area contributed by atoms with Crippen LogP contribution in [-0.2, 0) is 17.1 Å². The minimum atomic E-state index is -3.69. The molecule has 2 rings (SSSR count). The first kappa shape index (κ1) is 13.9. The lowest BCUT2D eigenvalue weighted by atomic mass is 10.2. The first-order valence-corrected chi connectivity index (χ1v) is 7.25. The summed E-state index contributed by atoms with van der Waals surface area (Å²) >= 11 is 5.73. The molecule has 1 N–H and O–H groups in total. The molecule has 0 fully saturated rings. The van der Waals surface area contributed by atoms with Crippen LogP contribution in [0.25, 0.3) is 0 Å². The number of sulfonamides is 1. The Hall–Kier alpha value is -1.51. The van der Waals surface area contributed by atoms with E-state index in [2.05, 4.69) is 20.0 Å². The summed E-state index contributed by atoms with van der Waals surface area (Å²) in [5.41, 5.74) is 0.572. The van der Waals surface area contributed by atoms with Gasteiger partial charge in [0.25, 0.3) is 10.0 Å². The van der Waals surface area contributed by atoms with Gasteiger partial charge in [-0.2, -0.15) is 0 Å². The fourth-order valence-electron chi connectivity index (χ4n) is 1.52. The number of nitrogens with zero attached hydrogens (tertiary/aromatic N) is 4. The van der Waals surface area contributed by atoms with E-state index in [0.29, 0.717) is 10.7 Å². The molecule has 2 heterocycles. The van der Waals surface area contributed by atoms with Crippen LogP contribution in [0.15, 0.2) is 29.6 Å². The molecule has 2 aromatic heterocycles. The van der Waals surface area contributed by atoms with Crippen LogP contribution in [0.4, 0.5) is 0 Å². The van der Waals surface area contributed by atoms with Crippen molar-refractivity contribution in [2.75, 3.05) is 0 Å². The Kier molecular flexibility index (Phi) is 3.83. The monoisotopic (exact) mass is 301 g/mol. The summed E-state index contributed by atoms with van der Waals surface area (Å²) in [6.45, 7) is 1.69. The molecule has 0 spiro atoms. The molecule has 0 aliphatic carbocycles. The van der Waals surface area contributed by atoms with Gasteiger partial charge in [0, 0.05) is 13.2 Å².